The summed E-state index contributed by atoms with van der Waals surface area (Å²) in [4.78, 5) is 12.9. The van der Waals surface area contributed by atoms with E-state index in [1.807, 2.05) is 19.1 Å². The highest BCUT2D eigenvalue weighted by molar-refractivity contribution is 6.36. The zero-order chi connectivity index (χ0) is 26.6. The molecule has 1 aromatic heterocycles. The lowest BCUT2D eigenvalue weighted by Gasteiger charge is -2.57. The molecule has 0 aliphatic heterocycles. The van der Waals surface area contributed by atoms with E-state index in [4.69, 9.17) is 23.2 Å². The van der Waals surface area contributed by atoms with Gasteiger partial charge in [-0.3, -0.25) is 4.79 Å². The molecular formula is C32H31Cl2N3O. The van der Waals surface area contributed by atoms with E-state index in [1.54, 1.807) is 24.3 Å². The average molecular weight is 545 g/mol. The molecule has 0 saturated heterocycles. The van der Waals surface area contributed by atoms with Crippen molar-refractivity contribution in [2.75, 3.05) is 5.32 Å². The molecule has 0 radical (unpaired) electrons. The van der Waals surface area contributed by atoms with Crippen LogP contribution < -0.4 is 5.32 Å². The largest absolute Gasteiger partial charge is 0.320 e. The van der Waals surface area contributed by atoms with Crippen molar-refractivity contribution < 1.29 is 4.79 Å². The highest BCUT2D eigenvalue weighted by Gasteiger charge is 2.51. The Morgan fingerprint density at radius 1 is 1.00 bits per heavy atom. The van der Waals surface area contributed by atoms with E-state index in [-0.39, 0.29) is 5.57 Å². The highest BCUT2D eigenvalue weighted by atomic mass is 35.5. The van der Waals surface area contributed by atoms with Gasteiger partial charge < -0.3 is 9.88 Å². The second kappa shape index (κ2) is 9.63. The number of hydrogen-bond acceptors (Lipinski definition) is 2. The predicted molar refractivity (Wildman–Crippen MR) is 154 cm³/mol. The molecule has 7 rings (SSSR count). The molecule has 4 bridgehead atoms. The van der Waals surface area contributed by atoms with Crippen LogP contribution in [0.3, 0.4) is 0 Å². The van der Waals surface area contributed by atoms with Crippen LogP contribution in [0.15, 0.2) is 54.1 Å². The van der Waals surface area contributed by atoms with Crippen molar-refractivity contribution in [2.24, 2.45) is 17.8 Å². The highest BCUT2D eigenvalue weighted by Crippen LogP contribution is 2.60. The molecule has 4 aliphatic carbocycles. The third kappa shape index (κ3) is 4.46. The molecule has 3 aromatic rings. The van der Waals surface area contributed by atoms with Crippen LogP contribution in [0, 0.1) is 42.9 Å². The average Bonchev–Trinajstić information content (AvgIpc) is 3.15. The number of rotatable bonds is 5. The maximum absolute atomic E-state index is 12.9. The maximum Gasteiger partial charge on any atom is 0.266 e. The smallest absolute Gasteiger partial charge is 0.266 e. The monoisotopic (exact) mass is 543 g/mol. The van der Waals surface area contributed by atoms with E-state index in [0.717, 1.165) is 40.4 Å². The Bertz CT molecular complexity index is 1460. The SMILES string of the molecule is Cc1cc(/C=C(/C#N)C(=O)Nc2ccc(Cl)cc2Cl)c(C)n1-c1ccc(C23CC4CC(CC(C4)C2)C3)cc1. The van der Waals surface area contributed by atoms with Gasteiger partial charge >= 0.3 is 0 Å². The van der Waals surface area contributed by atoms with E-state index in [9.17, 15) is 10.1 Å². The summed E-state index contributed by atoms with van der Waals surface area (Å²) < 4.78 is 2.19. The summed E-state index contributed by atoms with van der Waals surface area (Å²) in [5.74, 6) is 2.26. The van der Waals surface area contributed by atoms with Crippen molar-refractivity contribution in [3.8, 4) is 11.8 Å². The molecule has 38 heavy (non-hydrogen) atoms. The van der Waals surface area contributed by atoms with Crippen LogP contribution >= 0.6 is 23.2 Å². The number of aromatic nitrogens is 1. The Balaban J connectivity index is 1.25. The molecule has 0 spiro atoms. The van der Waals surface area contributed by atoms with Gasteiger partial charge in [-0.05, 0) is 129 Å². The van der Waals surface area contributed by atoms with Gasteiger partial charge in [-0.25, -0.2) is 0 Å². The standard InChI is InChI=1S/C32H31Cl2N3O/c1-19-9-24(13-25(18-35)31(38)36-30-8-5-27(33)14-29(30)34)20(2)37(19)28-6-3-26(4-7-28)32-15-21-10-22(16-32)12-23(11-21)17-32/h3-9,13-14,21-23H,10-12,15-17H2,1-2H3,(H,36,38)/b25-13-. The van der Waals surface area contributed by atoms with Crippen LogP contribution in [-0.2, 0) is 10.2 Å². The molecule has 4 nitrogen and oxygen atoms in total. The second-order valence-corrected chi connectivity index (χ2v) is 12.5. The number of carbonyl (C=O) groups excluding carboxylic acids is 1. The van der Waals surface area contributed by atoms with E-state index in [0.29, 0.717) is 21.1 Å². The molecule has 194 valence electrons. The summed E-state index contributed by atoms with van der Waals surface area (Å²) in [7, 11) is 0. The Kier molecular flexibility index (Phi) is 6.41. The molecular weight excluding hydrogens is 513 g/mol. The number of nitrogens with one attached hydrogen (secondary N) is 1. The van der Waals surface area contributed by atoms with Crippen LogP contribution in [-0.4, -0.2) is 10.5 Å². The van der Waals surface area contributed by atoms with Crippen molar-refractivity contribution in [3.05, 3.63) is 86.7 Å². The first-order valence-corrected chi connectivity index (χ1v) is 14.2. The van der Waals surface area contributed by atoms with Gasteiger partial charge in [0.15, 0.2) is 0 Å². The number of halogens is 2. The number of nitriles is 1. The van der Waals surface area contributed by atoms with E-state index >= 15 is 0 Å². The Morgan fingerprint density at radius 2 is 1.63 bits per heavy atom. The quantitative estimate of drug-likeness (QED) is 0.259. The number of aryl methyl sites for hydroxylation is 1. The molecule has 4 fully saturated rings. The molecule has 0 atom stereocenters. The van der Waals surface area contributed by atoms with Crippen LogP contribution in [0.25, 0.3) is 11.8 Å². The minimum Gasteiger partial charge on any atom is -0.320 e. The second-order valence-electron chi connectivity index (χ2n) is 11.7. The molecule has 4 saturated carbocycles. The lowest BCUT2D eigenvalue weighted by atomic mass is 9.48. The van der Waals surface area contributed by atoms with Gasteiger partial charge in [0.05, 0.1) is 10.7 Å². The Morgan fingerprint density at radius 3 is 2.21 bits per heavy atom. The van der Waals surface area contributed by atoms with Gasteiger partial charge in [0.25, 0.3) is 5.91 Å². The zero-order valence-electron chi connectivity index (χ0n) is 21.7. The first kappa shape index (κ1) is 25.3. The zero-order valence-corrected chi connectivity index (χ0v) is 23.2. The first-order chi connectivity index (χ1) is 18.2. The molecule has 2 aromatic carbocycles. The van der Waals surface area contributed by atoms with Gasteiger partial charge in [0, 0.05) is 22.1 Å². The maximum atomic E-state index is 12.9. The first-order valence-electron chi connectivity index (χ1n) is 13.4. The number of hydrogen-bond donors (Lipinski definition) is 1. The van der Waals surface area contributed by atoms with Crippen molar-refractivity contribution >= 4 is 40.9 Å². The van der Waals surface area contributed by atoms with Gasteiger partial charge in [-0.15, -0.1) is 0 Å². The molecule has 6 heteroatoms. The van der Waals surface area contributed by atoms with E-state index in [2.05, 4.69) is 41.1 Å². The molecule has 1 heterocycles. The number of amides is 1. The predicted octanol–water partition coefficient (Wildman–Crippen LogP) is 8.41. The minimum atomic E-state index is -0.513. The fourth-order valence-electron chi connectivity index (χ4n) is 7.84. The molecule has 1 amide bonds. The lowest BCUT2D eigenvalue weighted by molar-refractivity contribution is -0.112. The summed E-state index contributed by atoms with van der Waals surface area (Å²) in [5.41, 5.74) is 6.27. The minimum absolute atomic E-state index is 0.00781. The van der Waals surface area contributed by atoms with E-state index < -0.39 is 5.91 Å². The van der Waals surface area contributed by atoms with E-state index in [1.165, 1.54) is 44.1 Å². The number of anilines is 1. The van der Waals surface area contributed by atoms with Crippen molar-refractivity contribution in [2.45, 2.75) is 57.8 Å². The number of nitrogens with zero attached hydrogens (tertiary/aromatic N) is 2. The van der Waals surface area contributed by atoms with Gasteiger partial charge in [0.2, 0.25) is 0 Å². The normalized spacial score (nSPS) is 25.9. The fourth-order valence-corrected chi connectivity index (χ4v) is 8.30. The number of carbonyl (C=O) groups is 1. The fraction of sp³-hybridized carbons (Fsp3) is 0.375. The molecule has 1 N–H and O–H groups in total. The van der Waals surface area contributed by atoms with Crippen LogP contribution in [0.1, 0.15) is 61.0 Å². The molecule has 4 aliphatic rings. The van der Waals surface area contributed by atoms with Crippen molar-refractivity contribution in [3.63, 3.8) is 0 Å². The van der Waals surface area contributed by atoms with Crippen molar-refractivity contribution in [1.29, 1.82) is 5.26 Å². The Hall–Kier alpha value is -3.00. The summed E-state index contributed by atoms with van der Waals surface area (Å²) in [6, 6.07) is 18.0. The summed E-state index contributed by atoms with van der Waals surface area (Å²) in [6.07, 6.45) is 10.1. The topological polar surface area (TPSA) is 57.8 Å². The van der Waals surface area contributed by atoms with Gasteiger partial charge in [0.1, 0.15) is 11.6 Å². The summed E-state index contributed by atoms with van der Waals surface area (Å²) in [6.45, 7) is 4.08. The number of benzene rings is 2. The Labute approximate surface area is 234 Å². The van der Waals surface area contributed by atoms with Crippen LogP contribution in [0.2, 0.25) is 10.0 Å². The summed E-state index contributed by atoms with van der Waals surface area (Å²) >= 11 is 12.1. The van der Waals surface area contributed by atoms with Gasteiger partial charge in [-0.1, -0.05) is 35.3 Å². The van der Waals surface area contributed by atoms with Crippen molar-refractivity contribution in [1.82, 2.24) is 4.57 Å². The third-order valence-electron chi connectivity index (χ3n) is 9.09. The van der Waals surface area contributed by atoms with Crippen LogP contribution in [0.4, 0.5) is 5.69 Å². The molecule has 0 unspecified atom stereocenters. The summed E-state index contributed by atoms with van der Waals surface area (Å²) in [5, 5.41) is 13.2. The third-order valence-corrected chi connectivity index (χ3v) is 9.64. The van der Waals surface area contributed by atoms with Crippen LogP contribution in [0.5, 0.6) is 0 Å². The lowest BCUT2D eigenvalue weighted by Crippen LogP contribution is -2.48. The van der Waals surface area contributed by atoms with Gasteiger partial charge in [-0.2, -0.15) is 5.26 Å².